The summed E-state index contributed by atoms with van der Waals surface area (Å²) in [5, 5.41) is 17.3. The number of pyridine rings is 1. The van der Waals surface area contributed by atoms with Gasteiger partial charge in [0.15, 0.2) is 0 Å². The zero-order chi connectivity index (χ0) is 33.1. The second kappa shape index (κ2) is 16.7. The van der Waals surface area contributed by atoms with Crippen molar-refractivity contribution in [1.29, 1.82) is 0 Å². The minimum absolute atomic E-state index is 0.0381. The Bertz CT molecular complexity index is 1590. The van der Waals surface area contributed by atoms with Crippen LogP contribution in [0.3, 0.4) is 0 Å². The molecule has 3 aromatic heterocycles. The Balaban J connectivity index is 0.936. The van der Waals surface area contributed by atoms with Crippen molar-refractivity contribution in [2.75, 3.05) is 39.3 Å². The summed E-state index contributed by atoms with van der Waals surface area (Å²) in [6.07, 6.45) is 13.7. The molecule has 2 aliphatic rings. The number of rotatable bonds is 15. The molecule has 11 heteroatoms. The molecule has 0 N–H and O–H groups in total. The second-order valence-electron chi connectivity index (χ2n) is 13.2. The first-order valence-electron chi connectivity index (χ1n) is 17.8. The summed E-state index contributed by atoms with van der Waals surface area (Å²) in [5.41, 5.74) is 4.89. The zero-order valence-electron chi connectivity index (χ0n) is 28.3. The van der Waals surface area contributed by atoms with Crippen LogP contribution in [0.5, 0.6) is 11.5 Å². The number of piperidine rings is 2. The number of hydrogen-bond acceptors (Lipinski definition) is 9. The lowest BCUT2D eigenvalue weighted by atomic mass is 9.88. The summed E-state index contributed by atoms with van der Waals surface area (Å²) in [7, 11) is 0. The van der Waals surface area contributed by atoms with Gasteiger partial charge in [-0.1, -0.05) is 53.6 Å². The van der Waals surface area contributed by atoms with E-state index in [0.29, 0.717) is 13.2 Å². The van der Waals surface area contributed by atoms with Crippen LogP contribution in [0.2, 0.25) is 0 Å². The average Bonchev–Trinajstić information content (AvgIpc) is 3.83. The Hall–Kier alpha value is -4.61. The number of aromatic nitrogens is 7. The van der Waals surface area contributed by atoms with Crippen LogP contribution >= 0.6 is 0 Å². The Morgan fingerprint density at radius 1 is 0.551 bits per heavy atom. The highest BCUT2D eigenvalue weighted by molar-refractivity contribution is 5.43. The third-order valence-electron chi connectivity index (χ3n) is 9.54. The molecule has 0 aliphatic carbocycles. The van der Waals surface area contributed by atoms with E-state index in [1.54, 1.807) is 0 Å². The summed E-state index contributed by atoms with van der Waals surface area (Å²) in [5.74, 6) is 1.54. The third-order valence-corrected chi connectivity index (χ3v) is 9.54. The summed E-state index contributed by atoms with van der Waals surface area (Å²) >= 11 is 0. The first-order valence-corrected chi connectivity index (χ1v) is 17.8. The van der Waals surface area contributed by atoms with E-state index in [0.717, 1.165) is 65.9 Å². The van der Waals surface area contributed by atoms with Gasteiger partial charge < -0.3 is 19.3 Å². The van der Waals surface area contributed by atoms with Crippen LogP contribution in [0.4, 0.5) is 0 Å². The second-order valence-corrected chi connectivity index (χ2v) is 13.2. The van der Waals surface area contributed by atoms with Gasteiger partial charge in [-0.05, 0) is 99.4 Å². The standard InChI is InChI=1S/C38H47N9O2/c1-5-19-44(20-6-1)23-25-46-27-33(40-42-46)29-48-35-14-10-31(11-15-35)38(37-9-3-4-18-39-37)32-12-16-36(17-13-32)49-30-34-28-47(43-41-34)26-24-45-21-7-2-8-22-45/h3-4,9-18,27-28,38H,1-2,5-8,19-26,29-30H2. The first-order chi connectivity index (χ1) is 24.2. The molecule has 0 saturated carbocycles. The van der Waals surface area contributed by atoms with Crippen LogP contribution in [-0.2, 0) is 26.3 Å². The molecule has 2 aromatic carbocycles. The van der Waals surface area contributed by atoms with Crippen LogP contribution in [-0.4, -0.2) is 84.0 Å². The fraction of sp³-hybridized carbons (Fsp3) is 0.447. The number of nitrogens with zero attached hydrogens (tertiary/aromatic N) is 9. The number of likely N-dealkylation sites (tertiary alicyclic amines) is 2. The van der Waals surface area contributed by atoms with E-state index < -0.39 is 0 Å². The molecule has 7 rings (SSSR count). The summed E-state index contributed by atoms with van der Waals surface area (Å²) in [6, 6.07) is 22.6. The Morgan fingerprint density at radius 2 is 1.04 bits per heavy atom. The van der Waals surface area contributed by atoms with Crippen molar-refractivity contribution in [3.8, 4) is 11.5 Å². The molecule has 5 aromatic rings. The summed E-state index contributed by atoms with van der Waals surface area (Å²) in [6.45, 7) is 9.24. The van der Waals surface area contributed by atoms with E-state index >= 15 is 0 Å². The van der Waals surface area contributed by atoms with E-state index in [2.05, 4.69) is 60.8 Å². The summed E-state index contributed by atoms with van der Waals surface area (Å²) in [4.78, 5) is 9.74. The van der Waals surface area contributed by atoms with Gasteiger partial charge in [-0.3, -0.25) is 14.3 Å². The van der Waals surface area contributed by atoms with Gasteiger partial charge in [-0.2, -0.15) is 0 Å². The molecule has 0 spiro atoms. The Morgan fingerprint density at radius 3 is 1.49 bits per heavy atom. The molecular formula is C38H47N9O2. The van der Waals surface area contributed by atoms with Crippen molar-refractivity contribution in [1.82, 2.24) is 44.8 Å². The maximum atomic E-state index is 6.10. The first kappa shape index (κ1) is 32.9. The Kier molecular flexibility index (Phi) is 11.2. The van der Waals surface area contributed by atoms with Crippen molar-refractivity contribution in [2.45, 2.75) is 70.7 Å². The lowest BCUT2D eigenvalue weighted by molar-refractivity contribution is 0.217. The van der Waals surface area contributed by atoms with E-state index in [1.165, 1.54) is 64.7 Å². The van der Waals surface area contributed by atoms with Gasteiger partial charge in [-0.15, -0.1) is 10.2 Å². The third kappa shape index (κ3) is 9.30. The van der Waals surface area contributed by atoms with Crippen molar-refractivity contribution < 1.29 is 9.47 Å². The van der Waals surface area contributed by atoms with E-state index in [-0.39, 0.29) is 5.92 Å². The molecule has 2 fully saturated rings. The van der Waals surface area contributed by atoms with Gasteiger partial charge >= 0.3 is 0 Å². The molecule has 5 heterocycles. The molecule has 0 bridgehead atoms. The molecular weight excluding hydrogens is 614 g/mol. The average molecular weight is 662 g/mol. The van der Waals surface area contributed by atoms with Crippen molar-refractivity contribution in [2.24, 2.45) is 0 Å². The topological polar surface area (TPSA) is 99.2 Å². The molecule has 2 saturated heterocycles. The highest BCUT2D eigenvalue weighted by atomic mass is 16.5. The minimum Gasteiger partial charge on any atom is -0.487 e. The normalized spacial score (nSPS) is 15.9. The minimum atomic E-state index is -0.0381. The Labute approximate surface area is 288 Å². The van der Waals surface area contributed by atoms with Crippen molar-refractivity contribution in [3.63, 3.8) is 0 Å². The number of ether oxygens (including phenoxy) is 2. The monoisotopic (exact) mass is 661 g/mol. The molecule has 0 radical (unpaired) electrons. The lowest BCUT2D eigenvalue weighted by Gasteiger charge is -2.25. The van der Waals surface area contributed by atoms with Crippen molar-refractivity contribution >= 4 is 0 Å². The van der Waals surface area contributed by atoms with Crippen LogP contribution < -0.4 is 9.47 Å². The van der Waals surface area contributed by atoms with Crippen LogP contribution in [0.25, 0.3) is 0 Å². The summed E-state index contributed by atoms with van der Waals surface area (Å²) < 4.78 is 16.0. The lowest BCUT2D eigenvalue weighted by Crippen LogP contribution is -2.32. The highest BCUT2D eigenvalue weighted by Gasteiger charge is 2.19. The number of hydrogen-bond donors (Lipinski definition) is 0. The van der Waals surface area contributed by atoms with Gasteiger partial charge in [0.05, 0.1) is 37.1 Å². The highest BCUT2D eigenvalue weighted by Crippen LogP contribution is 2.33. The van der Waals surface area contributed by atoms with Crippen LogP contribution in [0, 0.1) is 0 Å². The largest absolute Gasteiger partial charge is 0.487 e. The fourth-order valence-electron chi connectivity index (χ4n) is 6.79. The SMILES string of the molecule is c1ccc(C(c2ccc(OCc3cn(CCN4CCCCC4)nn3)cc2)c2ccc(OCc3cn(CCN4CCCCC4)nn3)cc2)nc1. The van der Waals surface area contributed by atoms with Gasteiger partial charge in [0, 0.05) is 19.3 Å². The molecule has 256 valence electrons. The fourth-order valence-corrected chi connectivity index (χ4v) is 6.79. The predicted molar refractivity (Wildman–Crippen MR) is 187 cm³/mol. The molecule has 0 amide bonds. The number of benzene rings is 2. The zero-order valence-corrected chi connectivity index (χ0v) is 28.3. The van der Waals surface area contributed by atoms with Gasteiger partial charge in [0.25, 0.3) is 0 Å². The van der Waals surface area contributed by atoms with Crippen molar-refractivity contribution in [3.05, 3.63) is 114 Å². The molecule has 2 aliphatic heterocycles. The predicted octanol–water partition coefficient (Wildman–Crippen LogP) is 5.57. The van der Waals surface area contributed by atoms with Gasteiger partial charge in [0.1, 0.15) is 36.1 Å². The van der Waals surface area contributed by atoms with Gasteiger partial charge in [0.2, 0.25) is 0 Å². The molecule has 0 atom stereocenters. The quantitative estimate of drug-likeness (QED) is 0.143. The molecule has 49 heavy (non-hydrogen) atoms. The van der Waals surface area contributed by atoms with Crippen LogP contribution in [0.1, 0.15) is 72.7 Å². The smallest absolute Gasteiger partial charge is 0.134 e. The van der Waals surface area contributed by atoms with E-state index in [4.69, 9.17) is 14.5 Å². The molecule has 11 nitrogen and oxygen atoms in total. The van der Waals surface area contributed by atoms with Gasteiger partial charge in [-0.25, -0.2) is 0 Å². The maximum Gasteiger partial charge on any atom is 0.134 e. The van der Waals surface area contributed by atoms with E-state index in [1.807, 2.05) is 64.4 Å². The van der Waals surface area contributed by atoms with Crippen LogP contribution in [0.15, 0.2) is 85.3 Å². The molecule has 0 unspecified atom stereocenters. The maximum absolute atomic E-state index is 6.10. The van der Waals surface area contributed by atoms with E-state index in [9.17, 15) is 0 Å².